The van der Waals surface area contributed by atoms with Crippen molar-refractivity contribution in [3.8, 4) is 0 Å². The van der Waals surface area contributed by atoms with E-state index in [1.54, 1.807) is 0 Å². The molecule has 1 atom stereocenters. The number of piperazine rings is 1. The second-order valence-electron chi connectivity index (χ2n) is 7.99. The number of imidazole rings is 1. The molecule has 5 rings (SSSR count). The van der Waals surface area contributed by atoms with Crippen molar-refractivity contribution in [3.05, 3.63) is 82.2 Å². The van der Waals surface area contributed by atoms with Crippen LogP contribution in [0.5, 0.6) is 0 Å². The van der Waals surface area contributed by atoms with Crippen LogP contribution in [0.15, 0.2) is 48.9 Å². The summed E-state index contributed by atoms with van der Waals surface area (Å²) in [6, 6.07) is 10.7. The van der Waals surface area contributed by atoms with Crippen LogP contribution >= 0.6 is 11.6 Å². The molecular formula is C24H26ClN5. The summed E-state index contributed by atoms with van der Waals surface area (Å²) in [5.74, 6) is 1.04. The van der Waals surface area contributed by atoms with E-state index < -0.39 is 0 Å². The Morgan fingerprint density at radius 1 is 1.13 bits per heavy atom. The van der Waals surface area contributed by atoms with E-state index in [-0.39, 0.29) is 6.04 Å². The quantitative estimate of drug-likeness (QED) is 0.689. The number of aromatic nitrogens is 3. The van der Waals surface area contributed by atoms with E-state index in [1.807, 2.05) is 37.6 Å². The van der Waals surface area contributed by atoms with E-state index in [1.165, 1.54) is 22.3 Å². The molecule has 6 heteroatoms. The van der Waals surface area contributed by atoms with Crippen LogP contribution in [0.2, 0.25) is 5.02 Å². The van der Waals surface area contributed by atoms with Crippen molar-refractivity contribution >= 4 is 23.3 Å². The Morgan fingerprint density at radius 2 is 2.00 bits per heavy atom. The van der Waals surface area contributed by atoms with Crippen LogP contribution in [0.4, 0.5) is 0 Å². The van der Waals surface area contributed by atoms with Crippen LogP contribution < -0.4 is 5.32 Å². The Kier molecular flexibility index (Phi) is 5.42. The fourth-order valence-electron chi connectivity index (χ4n) is 4.64. The van der Waals surface area contributed by atoms with Crippen LogP contribution in [-0.2, 0) is 6.54 Å². The summed E-state index contributed by atoms with van der Waals surface area (Å²) >= 11 is 6.48. The second-order valence-corrected chi connectivity index (χ2v) is 8.42. The van der Waals surface area contributed by atoms with Crippen LogP contribution in [0.1, 0.15) is 40.7 Å². The minimum Gasteiger partial charge on any atom is -0.335 e. The van der Waals surface area contributed by atoms with E-state index in [0.717, 1.165) is 55.7 Å². The number of aryl methyl sites for hydroxylation is 2. The van der Waals surface area contributed by atoms with Gasteiger partial charge in [0.25, 0.3) is 0 Å². The summed E-state index contributed by atoms with van der Waals surface area (Å²) in [4.78, 5) is 11.8. The highest BCUT2D eigenvalue weighted by atomic mass is 35.5. The molecule has 1 saturated heterocycles. The molecule has 1 fully saturated rings. The molecule has 5 nitrogen and oxygen atoms in total. The predicted molar refractivity (Wildman–Crippen MR) is 121 cm³/mol. The minimum atomic E-state index is 0.138. The van der Waals surface area contributed by atoms with Crippen molar-refractivity contribution < 1.29 is 0 Å². The summed E-state index contributed by atoms with van der Waals surface area (Å²) in [5, 5.41) is 4.25. The number of nitrogens with zero attached hydrogens (tertiary/aromatic N) is 4. The van der Waals surface area contributed by atoms with Gasteiger partial charge in [-0.2, -0.15) is 0 Å². The van der Waals surface area contributed by atoms with E-state index in [0.29, 0.717) is 0 Å². The molecule has 1 unspecified atom stereocenters. The molecule has 30 heavy (non-hydrogen) atoms. The number of allylic oxidation sites excluding steroid dienone is 1. The monoisotopic (exact) mass is 419 g/mol. The molecule has 3 heterocycles. The van der Waals surface area contributed by atoms with Crippen molar-refractivity contribution in [2.45, 2.75) is 25.9 Å². The highest BCUT2D eigenvalue weighted by Gasteiger charge is 2.31. The topological polar surface area (TPSA) is 46.0 Å². The first-order chi connectivity index (χ1) is 14.7. The molecule has 2 aliphatic rings. The molecule has 1 aliphatic carbocycles. The van der Waals surface area contributed by atoms with Gasteiger partial charge >= 0.3 is 0 Å². The lowest BCUT2D eigenvalue weighted by Crippen LogP contribution is -2.45. The molecular weight excluding hydrogens is 394 g/mol. The van der Waals surface area contributed by atoms with Crippen molar-refractivity contribution in [2.24, 2.45) is 0 Å². The Balaban J connectivity index is 1.61. The molecule has 1 N–H and O–H groups in total. The van der Waals surface area contributed by atoms with Gasteiger partial charge in [0.05, 0.1) is 11.7 Å². The lowest BCUT2D eigenvalue weighted by Gasteiger charge is -2.35. The van der Waals surface area contributed by atoms with E-state index in [4.69, 9.17) is 16.6 Å². The first-order valence-corrected chi connectivity index (χ1v) is 11.0. The van der Waals surface area contributed by atoms with E-state index in [9.17, 15) is 0 Å². The Hall–Kier alpha value is -2.47. The first-order valence-electron chi connectivity index (χ1n) is 10.6. The summed E-state index contributed by atoms with van der Waals surface area (Å²) in [7, 11) is 0. The Bertz CT molecular complexity index is 1080. The normalized spacial score (nSPS) is 19.0. The van der Waals surface area contributed by atoms with Gasteiger partial charge in [0.15, 0.2) is 0 Å². The summed E-state index contributed by atoms with van der Waals surface area (Å²) < 4.78 is 2.20. The van der Waals surface area contributed by atoms with Crippen LogP contribution in [0, 0.1) is 6.92 Å². The van der Waals surface area contributed by atoms with Gasteiger partial charge in [-0.15, -0.1) is 0 Å². The van der Waals surface area contributed by atoms with E-state index in [2.05, 4.69) is 44.0 Å². The van der Waals surface area contributed by atoms with Crippen LogP contribution in [0.25, 0.3) is 11.6 Å². The fraction of sp³-hybridized carbons (Fsp3) is 0.333. The molecule has 0 radical (unpaired) electrons. The minimum absolute atomic E-state index is 0.138. The third kappa shape index (κ3) is 3.69. The smallest absolute Gasteiger partial charge is 0.105 e. The molecule has 3 aromatic rings. The zero-order chi connectivity index (χ0) is 20.5. The predicted octanol–water partition coefficient (Wildman–Crippen LogP) is 4.18. The number of pyridine rings is 1. The van der Waals surface area contributed by atoms with E-state index >= 15 is 0 Å². The number of nitrogens with one attached hydrogen (secondary N) is 1. The number of hydrogen-bond acceptors (Lipinski definition) is 4. The maximum absolute atomic E-state index is 6.48. The molecule has 0 bridgehead atoms. The standard InChI is InChI=1S/C24H26ClN5/c1-17-27-10-14-29(17)11-6-18-15-19-3-2-7-28-23(19)24(30-12-8-26-9-13-30)21-5-4-20(25)16-22(18)21/h2-5,7,10,14-16,24,26H,6,8-9,11-13H2,1H3. The number of rotatable bonds is 4. The largest absolute Gasteiger partial charge is 0.335 e. The highest BCUT2D eigenvalue weighted by Crippen LogP contribution is 2.41. The summed E-state index contributed by atoms with van der Waals surface area (Å²) in [5.41, 5.74) is 6.17. The number of halogens is 1. The molecule has 1 aromatic carbocycles. The van der Waals surface area contributed by atoms with Gasteiger partial charge in [-0.1, -0.05) is 23.7 Å². The molecule has 0 spiro atoms. The molecule has 2 aromatic heterocycles. The van der Waals surface area contributed by atoms with Gasteiger partial charge in [-0.25, -0.2) is 4.98 Å². The number of benzene rings is 1. The Morgan fingerprint density at radius 3 is 2.80 bits per heavy atom. The third-order valence-corrected chi connectivity index (χ3v) is 6.41. The summed E-state index contributed by atoms with van der Waals surface area (Å²) in [6.45, 7) is 6.95. The fourth-order valence-corrected chi connectivity index (χ4v) is 4.81. The molecule has 154 valence electrons. The van der Waals surface area contributed by atoms with Gasteiger partial charge in [-0.05, 0) is 59.9 Å². The maximum Gasteiger partial charge on any atom is 0.105 e. The van der Waals surface area contributed by atoms with Crippen molar-refractivity contribution in [3.63, 3.8) is 0 Å². The van der Waals surface area contributed by atoms with Gasteiger partial charge < -0.3 is 9.88 Å². The SMILES string of the molecule is Cc1nccn1CCC1=Cc2cccnc2C(N2CCNCC2)c2ccc(Cl)cc21. The highest BCUT2D eigenvalue weighted by molar-refractivity contribution is 6.30. The number of fused-ring (bicyclic) bond motifs is 2. The van der Waals surface area contributed by atoms with Crippen molar-refractivity contribution in [2.75, 3.05) is 26.2 Å². The van der Waals surface area contributed by atoms with Crippen molar-refractivity contribution in [1.82, 2.24) is 24.8 Å². The van der Waals surface area contributed by atoms with Gasteiger partial charge in [-0.3, -0.25) is 9.88 Å². The second kappa shape index (κ2) is 8.34. The maximum atomic E-state index is 6.48. The lowest BCUT2D eigenvalue weighted by molar-refractivity contribution is 0.195. The lowest BCUT2D eigenvalue weighted by atomic mass is 9.92. The van der Waals surface area contributed by atoms with Crippen LogP contribution in [-0.4, -0.2) is 45.6 Å². The number of hydrogen-bond donors (Lipinski definition) is 1. The molecule has 0 amide bonds. The zero-order valence-electron chi connectivity index (χ0n) is 17.2. The van der Waals surface area contributed by atoms with Crippen LogP contribution in [0.3, 0.4) is 0 Å². The zero-order valence-corrected chi connectivity index (χ0v) is 17.9. The average Bonchev–Trinajstić information content (AvgIpc) is 3.12. The van der Waals surface area contributed by atoms with Gasteiger partial charge in [0, 0.05) is 56.3 Å². The van der Waals surface area contributed by atoms with Gasteiger partial charge in [0.1, 0.15) is 5.82 Å². The third-order valence-electron chi connectivity index (χ3n) is 6.18. The van der Waals surface area contributed by atoms with Crippen molar-refractivity contribution in [1.29, 1.82) is 0 Å². The Labute approximate surface area is 182 Å². The molecule has 1 aliphatic heterocycles. The molecule has 0 saturated carbocycles. The average molecular weight is 420 g/mol. The van der Waals surface area contributed by atoms with Gasteiger partial charge in [0.2, 0.25) is 0 Å². The first kappa shape index (κ1) is 19.5. The summed E-state index contributed by atoms with van der Waals surface area (Å²) in [6.07, 6.45) is 9.04.